The summed E-state index contributed by atoms with van der Waals surface area (Å²) >= 11 is 3.41. The van der Waals surface area contributed by atoms with E-state index >= 15 is 0 Å². The molecule has 2 aliphatic heterocycles. The topological polar surface area (TPSA) is 60.0 Å². The molecule has 1 N–H and O–H groups in total. The highest BCUT2D eigenvalue weighted by molar-refractivity contribution is 9.10. The summed E-state index contributed by atoms with van der Waals surface area (Å²) in [4.78, 5) is 14.9. The molecular formula is C20H21BrN2O4. The molecule has 0 aromatic heterocycles. The highest BCUT2D eigenvalue weighted by Gasteiger charge is 2.25. The molecule has 1 fully saturated rings. The first-order valence-electron chi connectivity index (χ1n) is 8.96. The van der Waals surface area contributed by atoms with Crippen molar-refractivity contribution in [1.82, 2.24) is 10.2 Å². The molecule has 2 aromatic carbocycles. The Hall–Kier alpha value is -2.09. The predicted molar refractivity (Wildman–Crippen MR) is 104 cm³/mol. The smallest absolute Gasteiger partial charge is 0.251 e. The molecule has 1 amide bonds. The SMILES string of the molecule is O=C(NC[C@@H](c1ccc2c(c1)OCO2)N1CCOCC1)c1cccc(Br)c1. The number of hydrogen-bond acceptors (Lipinski definition) is 5. The number of carbonyl (C=O) groups is 1. The second kappa shape index (κ2) is 8.29. The van der Waals surface area contributed by atoms with Gasteiger partial charge in [-0.25, -0.2) is 0 Å². The first kappa shape index (κ1) is 18.3. The zero-order valence-electron chi connectivity index (χ0n) is 14.8. The fourth-order valence-corrected chi connectivity index (χ4v) is 3.79. The zero-order chi connectivity index (χ0) is 18.6. The molecule has 0 radical (unpaired) electrons. The molecule has 0 spiro atoms. The Morgan fingerprint density at radius 3 is 2.74 bits per heavy atom. The maximum Gasteiger partial charge on any atom is 0.251 e. The van der Waals surface area contributed by atoms with Gasteiger partial charge in [0.1, 0.15) is 0 Å². The Kier molecular flexibility index (Phi) is 5.61. The molecule has 2 aliphatic rings. The average Bonchev–Trinajstić information content (AvgIpc) is 3.17. The van der Waals surface area contributed by atoms with E-state index in [9.17, 15) is 4.79 Å². The van der Waals surface area contributed by atoms with Gasteiger partial charge in [-0.05, 0) is 35.9 Å². The van der Waals surface area contributed by atoms with Crippen LogP contribution in [0.5, 0.6) is 11.5 Å². The number of halogens is 1. The minimum absolute atomic E-state index is 0.0412. The van der Waals surface area contributed by atoms with Crippen LogP contribution in [0.1, 0.15) is 22.0 Å². The number of amides is 1. The van der Waals surface area contributed by atoms with Crippen molar-refractivity contribution in [3.8, 4) is 11.5 Å². The van der Waals surface area contributed by atoms with Gasteiger partial charge in [0, 0.05) is 29.7 Å². The van der Waals surface area contributed by atoms with Crippen LogP contribution in [0.25, 0.3) is 0 Å². The maximum absolute atomic E-state index is 12.6. The predicted octanol–water partition coefficient (Wildman–Crippen LogP) is 2.98. The summed E-state index contributed by atoms with van der Waals surface area (Å²) in [6.45, 7) is 3.80. The van der Waals surface area contributed by atoms with Gasteiger partial charge < -0.3 is 19.5 Å². The highest BCUT2D eigenvalue weighted by atomic mass is 79.9. The fraction of sp³-hybridized carbons (Fsp3) is 0.350. The third kappa shape index (κ3) is 4.26. The lowest BCUT2D eigenvalue weighted by atomic mass is 10.0. The third-order valence-electron chi connectivity index (χ3n) is 4.81. The molecular weight excluding hydrogens is 412 g/mol. The van der Waals surface area contributed by atoms with E-state index in [1.807, 2.05) is 42.5 Å². The van der Waals surface area contributed by atoms with Crippen LogP contribution in [-0.2, 0) is 4.74 Å². The number of hydrogen-bond donors (Lipinski definition) is 1. The van der Waals surface area contributed by atoms with Crippen molar-refractivity contribution < 1.29 is 19.0 Å². The van der Waals surface area contributed by atoms with Gasteiger partial charge in [-0.3, -0.25) is 9.69 Å². The highest BCUT2D eigenvalue weighted by Crippen LogP contribution is 2.35. The van der Waals surface area contributed by atoms with Crippen molar-refractivity contribution in [2.45, 2.75) is 6.04 Å². The number of nitrogens with zero attached hydrogens (tertiary/aromatic N) is 1. The van der Waals surface area contributed by atoms with Gasteiger partial charge in [-0.2, -0.15) is 0 Å². The Morgan fingerprint density at radius 2 is 1.93 bits per heavy atom. The molecule has 0 aliphatic carbocycles. The van der Waals surface area contributed by atoms with Crippen LogP contribution in [0, 0.1) is 0 Å². The van der Waals surface area contributed by atoms with E-state index in [1.165, 1.54) is 0 Å². The van der Waals surface area contributed by atoms with Crippen LogP contribution >= 0.6 is 15.9 Å². The number of carbonyl (C=O) groups excluding carboxylic acids is 1. The van der Waals surface area contributed by atoms with E-state index in [0.29, 0.717) is 25.3 Å². The lowest BCUT2D eigenvalue weighted by molar-refractivity contribution is 0.0162. The van der Waals surface area contributed by atoms with E-state index in [4.69, 9.17) is 14.2 Å². The molecule has 2 aromatic rings. The molecule has 142 valence electrons. The summed E-state index contributed by atoms with van der Waals surface area (Å²) in [7, 11) is 0. The van der Waals surface area contributed by atoms with Gasteiger partial charge in [-0.1, -0.05) is 28.1 Å². The van der Waals surface area contributed by atoms with Crippen molar-refractivity contribution in [1.29, 1.82) is 0 Å². The second-order valence-electron chi connectivity index (χ2n) is 6.50. The number of ether oxygens (including phenoxy) is 3. The zero-order valence-corrected chi connectivity index (χ0v) is 16.4. The van der Waals surface area contributed by atoms with Gasteiger partial charge in [0.25, 0.3) is 5.91 Å². The number of rotatable bonds is 5. The lowest BCUT2D eigenvalue weighted by Gasteiger charge is -2.35. The second-order valence-corrected chi connectivity index (χ2v) is 7.41. The van der Waals surface area contributed by atoms with Crippen molar-refractivity contribution in [3.05, 3.63) is 58.1 Å². The molecule has 7 heteroatoms. The Labute approximate surface area is 166 Å². The summed E-state index contributed by atoms with van der Waals surface area (Å²) in [5.74, 6) is 1.43. The Morgan fingerprint density at radius 1 is 1.11 bits per heavy atom. The van der Waals surface area contributed by atoms with Crippen LogP contribution < -0.4 is 14.8 Å². The van der Waals surface area contributed by atoms with Crippen molar-refractivity contribution in [3.63, 3.8) is 0 Å². The van der Waals surface area contributed by atoms with E-state index < -0.39 is 0 Å². The van der Waals surface area contributed by atoms with E-state index in [2.05, 4.69) is 26.1 Å². The van der Waals surface area contributed by atoms with Gasteiger partial charge in [-0.15, -0.1) is 0 Å². The summed E-state index contributed by atoms with van der Waals surface area (Å²) in [5.41, 5.74) is 1.73. The molecule has 4 rings (SSSR count). The molecule has 6 nitrogen and oxygen atoms in total. The first-order chi connectivity index (χ1) is 13.2. The monoisotopic (exact) mass is 432 g/mol. The Bertz CT molecular complexity index is 823. The largest absolute Gasteiger partial charge is 0.454 e. The van der Waals surface area contributed by atoms with Crippen LogP contribution in [-0.4, -0.2) is 50.4 Å². The number of nitrogens with one attached hydrogen (secondary N) is 1. The summed E-state index contributed by atoms with van der Waals surface area (Å²) in [6, 6.07) is 13.4. The molecule has 0 saturated carbocycles. The lowest BCUT2D eigenvalue weighted by Crippen LogP contribution is -2.43. The van der Waals surface area contributed by atoms with Crippen molar-refractivity contribution >= 4 is 21.8 Å². The normalized spacial score (nSPS) is 17.5. The number of morpholine rings is 1. The standard InChI is InChI=1S/C20H21BrN2O4/c21-16-3-1-2-15(10-16)20(24)22-12-17(23-6-8-25-9-7-23)14-4-5-18-19(11-14)27-13-26-18/h1-5,10-11,17H,6-9,12-13H2,(H,22,24)/t17-/m0/s1. The van der Waals surface area contributed by atoms with Crippen LogP contribution in [0.2, 0.25) is 0 Å². The van der Waals surface area contributed by atoms with Crippen LogP contribution in [0.4, 0.5) is 0 Å². The summed E-state index contributed by atoms with van der Waals surface area (Å²) in [6.07, 6.45) is 0. The summed E-state index contributed by atoms with van der Waals surface area (Å²) in [5, 5.41) is 3.08. The maximum atomic E-state index is 12.6. The van der Waals surface area contributed by atoms with Gasteiger partial charge in [0.05, 0.1) is 19.3 Å². The molecule has 1 saturated heterocycles. The van der Waals surface area contributed by atoms with E-state index in [-0.39, 0.29) is 18.7 Å². The molecule has 0 bridgehead atoms. The first-order valence-corrected chi connectivity index (χ1v) is 9.75. The van der Waals surface area contributed by atoms with E-state index in [0.717, 1.165) is 34.6 Å². The molecule has 0 unspecified atom stereocenters. The third-order valence-corrected chi connectivity index (χ3v) is 5.30. The van der Waals surface area contributed by atoms with Gasteiger partial charge in [0.2, 0.25) is 6.79 Å². The quantitative estimate of drug-likeness (QED) is 0.786. The molecule has 27 heavy (non-hydrogen) atoms. The van der Waals surface area contributed by atoms with Crippen LogP contribution in [0.3, 0.4) is 0 Å². The van der Waals surface area contributed by atoms with Gasteiger partial charge >= 0.3 is 0 Å². The number of benzene rings is 2. The minimum Gasteiger partial charge on any atom is -0.454 e. The summed E-state index contributed by atoms with van der Waals surface area (Å²) < 4.78 is 17.3. The number of fused-ring (bicyclic) bond motifs is 1. The molecule has 1 atom stereocenters. The van der Waals surface area contributed by atoms with Gasteiger partial charge in [0.15, 0.2) is 11.5 Å². The fourth-order valence-electron chi connectivity index (χ4n) is 3.39. The van der Waals surface area contributed by atoms with E-state index in [1.54, 1.807) is 0 Å². The average molecular weight is 433 g/mol. The van der Waals surface area contributed by atoms with Crippen LogP contribution in [0.15, 0.2) is 46.9 Å². The van der Waals surface area contributed by atoms with Crippen molar-refractivity contribution in [2.75, 3.05) is 39.6 Å². The van der Waals surface area contributed by atoms with Crippen molar-refractivity contribution in [2.24, 2.45) is 0 Å². The molecule has 2 heterocycles. The Balaban J connectivity index is 1.52. The minimum atomic E-state index is -0.0877.